The van der Waals surface area contributed by atoms with Gasteiger partial charge in [0.1, 0.15) is 0 Å². The average molecular weight is 377 g/mol. The summed E-state index contributed by atoms with van der Waals surface area (Å²) in [6.07, 6.45) is 2.78. The number of hydrogen-bond acceptors (Lipinski definition) is 2. The molecule has 0 bridgehead atoms. The molecule has 0 atom stereocenters. The molecule has 0 aliphatic heterocycles. The summed E-state index contributed by atoms with van der Waals surface area (Å²) in [7, 11) is 0. The van der Waals surface area contributed by atoms with Crippen LogP contribution in [0.15, 0.2) is 52.9 Å². The van der Waals surface area contributed by atoms with E-state index in [0.717, 1.165) is 18.7 Å². The molecule has 3 nitrogen and oxygen atoms in total. The highest BCUT2D eigenvalue weighted by atomic mass is 127. The lowest BCUT2D eigenvalue weighted by molar-refractivity contribution is 0.912. The van der Waals surface area contributed by atoms with E-state index >= 15 is 0 Å². The lowest BCUT2D eigenvalue weighted by Gasteiger charge is -2.02. The van der Waals surface area contributed by atoms with Crippen LogP contribution >= 0.6 is 35.7 Å². The van der Waals surface area contributed by atoms with Gasteiger partial charge in [-0.3, -0.25) is 4.99 Å². The van der Waals surface area contributed by atoms with E-state index in [1.807, 2.05) is 17.8 Å². The zero-order valence-corrected chi connectivity index (χ0v) is 13.5. The summed E-state index contributed by atoms with van der Waals surface area (Å²) in [4.78, 5) is 5.52. The molecule has 100 valence electrons. The minimum atomic E-state index is 0. The van der Waals surface area contributed by atoms with Crippen LogP contribution in [0.3, 0.4) is 0 Å². The number of nitrogens with one attached hydrogen (secondary N) is 1. The summed E-state index contributed by atoms with van der Waals surface area (Å²) in [6.45, 7) is 5.02. The van der Waals surface area contributed by atoms with Crippen molar-refractivity contribution in [3.05, 3.63) is 43.0 Å². The summed E-state index contributed by atoms with van der Waals surface area (Å²) in [5.41, 5.74) is 5.64. The minimum Gasteiger partial charge on any atom is -0.370 e. The van der Waals surface area contributed by atoms with Gasteiger partial charge in [-0.1, -0.05) is 24.3 Å². The van der Waals surface area contributed by atoms with Gasteiger partial charge in [-0.05, 0) is 24.3 Å². The van der Waals surface area contributed by atoms with Crippen LogP contribution in [0.2, 0.25) is 0 Å². The monoisotopic (exact) mass is 377 g/mol. The lowest BCUT2D eigenvalue weighted by atomic mass is 10.4. The lowest BCUT2D eigenvalue weighted by Crippen LogP contribution is -2.31. The number of guanidine groups is 1. The van der Waals surface area contributed by atoms with E-state index in [1.54, 1.807) is 6.08 Å². The van der Waals surface area contributed by atoms with Gasteiger partial charge in [0.25, 0.3) is 0 Å². The van der Waals surface area contributed by atoms with E-state index in [4.69, 9.17) is 5.73 Å². The Balaban J connectivity index is 0.00000289. The molecule has 0 fully saturated rings. The quantitative estimate of drug-likeness (QED) is 0.192. The van der Waals surface area contributed by atoms with Gasteiger partial charge in [0.15, 0.2) is 5.96 Å². The molecule has 1 aromatic rings. The fourth-order valence-electron chi connectivity index (χ4n) is 1.20. The van der Waals surface area contributed by atoms with Gasteiger partial charge in [0.2, 0.25) is 0 Å². The van der Waals surface area contributed by atoms with Crippen molar-refractivity contribution >= 4 is 41.7 Å². The minimum absolute atomic E-state index is 0. The maximum atomic E-state index is 5.64. The predicted molar refractivity (Wildman–Crippen MR) is 91.9 cm³/mol. The maximum absolute atomic E-state index is 5.64. The fraction of sp³-hybridized carbons (Fsp3) is 0.308. The van der Waals surface area contributed by atoms with Crippen molar-refractivity contribution in [1.29, 1.82) is 0 Å². The maximum Gasteiger partial charge on any atom is 0.188 e. The van der Waals surface area contributed by atoms with Gasteiger partial charge in [-0.2, -0.15) is 0 Å². The number of halogens is 1. The Morgan fingerprint density at radius 3 is 2.78 bits per heavy atom. The molecule has 3 N–H and O–H groups in total. The number of aliphatic imine (C=N–C) groups is 1. The number of nitrogens with two attached hydrogens (primary N) is 1. The Morgan fingerprint density at radius 1 is 1.39 bits per heavy atom. The molecule has 0 aliphatic rings. The van der Waals surface area contributed by atoms with E-state index in [1.165, 1.54) is 4.90 Å². The Morgan fingerprint density at radius 2 is 2.11 bits per heavy atom. The molecule has 0 radical (unpaired) electrons. The van der Waals surface area contributed by atoms with Gasteiger partial charge in [-0.15, -0.1) is 42.3 Å². The molecular formula is C13H20IN3S. The summed E-state index contributed by atoms with van der Waals surface area (Å²) < 4.78 is 0. The molecule has 1 aromatic carbocycles. The van der Waals surface area contributed by atoms with Crippen molar-refractivity contribution in [3.8, 4) is 0 Å². The summed E-state index contributed by atoms with van der Waals surface area (Å²) in [6, 6.07) is 10.4. The van der Waals surface area contributed by atoms with Crippen molar-refractivity contribution < 1.29 is 0 Å². The SMILES string of the molecule is C=CCNC(N)=NCCCSc1ccccc1.I. The topological polar surface area (TPSA) is 50.4 Å². The highest BCUT2D eigenvalue weighted by Gasteiger charge is 1.93. The molecule has 0 spiro atoms. The largest absolute Gasteiger partial charge is 0.370 e. The zero-order valence-electron chi connectivity index (χ0n) is 10.3. The molecule has 0 aromatic heterocycles. The first-order valence-electron chi connectivity index (χ1n) is 5.65. The molecule has 18 heavy (non-hydrogen) atoms. The van der Waals surface area contributed by atoms with Crippen LogP contribution in [0, 0.1) is 0 Å². The number of benzene rings is 1. The van der Waals surface area contributed by atoms with E-state index in [0.29, 0.717) is 12.5 Å². The Kier molecular flexibility index (Phi) is 11.0. The smallest absolute Gasteiger partial charge is 0.188 e. The third-order valence-corrected chi connectivity index (χ3v) is 3.12. The Labute approximate surface area is 130 Å². The van der Waals surface area contributed by atoms with Crippen LogP contribution in [-0.4, -0.2) is 24.8 Å². The summed E-state index contributed by atoms with van der Waals surface area (Å²) >= 11 is 1.84. The van der Waals surface area contributed by atoms with Crippen molar-refractivity contribution in [2.75, 3.05) is 18.8 Å². The van der Waals surface area contributed by atoms with Gasteiger partial charge in [0.05, 0.1) is 0 Å². The summed E-state index contributed by atoms with van der Waals surface area (Å²) in [5, 5.41) is 2.94. The van der Waals surface area contributed by atoms with Crippen molar-refractivity contribution in [2.45, 2.75) is 11.3 Å². The van der Waals surface area contributed by atoms with Gasteiger partial charge in [0, 0.05) is 18.0 Å². The molecule has 0 amide bonds. The predicted octanol–water partition coefficient (Wildman–Crippen LogP) is 2.88. The van der Waals surface area contributed by atoms with Gasteiger partial charge >= 0.3 is 0 Å². The average Bonchev–Trinajstić information content (AvgIpc) is 2.37. The number of rotatable bonds is 7. The molecule has 5 heteroatoms. The standard InChI is InChI=1S/C13H19N3S.HI/c1-2-9-15-13(14)16-10-6-11-17-12-7-4-3-5-8-12;/h2-5,7-8H,1,6,9-11H2,(H3,14,15,16);1H. The van der Waals surface area contributed by atoms with Crippen molar-refractivity contribution in [1.82, 2.24) is 5.32 Å². The van der Waals surface area contributed by atoms with Crippen molar-refractivity contribution in [2.24, 2.45) is 10.7 Å². The molecule has 0 saturated heterocycles. The van der Waals surface area contributed by atoms with Crippen LogP contribution in [-0.2, 0) is 0 Å². The van der Waals surface area contributed by atoms with Gasteiger partial charge in [-0.25, -0.2) is 0 Å². The molecule has 1 rings (SSSR count). The van der Waals surface area contributed by atoms with Gasteiger partial charge < -0.3 is 11.1 Å². The first kappa shape index (κ1) is 17.3. The summed E-state index contributed by atoms with van der Waals surface area (Å²) in [5.74, 6) is 1.55. The Hall–Kier alpha value is -0.690. The molecular weight excluding hydrogens is 357 g/mol. The van der Waals surface area contributed by atoms with Crippen LogP contribution in [0.5, 0.6) is 0 Å². The number of hydrogen-bond donors (Lipinski definition) is 2. The fourth-order valence-corrected chi connectivity index (χ4v) is 2.06. The molecule has 0 heterocycles. The number of thioether (sulfide) groups is 1. The third-order valence-electron chi connectivity index (χ3n) is 2.02. The van der Waals surface area contributed by atoms with E-state index < -0.39 is 0 Å². The third kappa shape index (κ3) is 8.41. The van der Waals surface area contributed by atoms with E-state index in [2.05, 4.69) is 41.2 Å². The van der Waals surface area contributed by atoms with E-state index in [9.17, 15) is 0 Å². The van der Waals surface area contributed by atoms with Crippen LogP contribution in [0.4, 0.5) is 0 Å². The van der Waals surface area contributed by atoms with E-state index in [-0.39, 0.29) is 24.0 Å². The van der Waals surface area contributed by atoms with Crippen molar-refractivity contribution in [3.63, 3.8) is 0 Å². The Bertz CT molecular complexity index is 355. The molecule has 0 saturated carbocycles. The second kappa shape index (κ2) is 11.4. The molecule has 0 aliphatic carbocycles. The molecule has 0 unspecified atom stereocenters. The first-order chi connectivity index (χ1) is 8.33. The second-order valence-corrected chi connectivity index (χ2v) is 4.62. The zero-order chi connectivity index (χ0) is 12.3. The highest BCUT2D eigenvalue weighted by molar-refractivity contribution is 14.0. The van der Waals surface area contributed by atoms with Crippen LogP contribution in [0.1, 0.15) is 6.42 Å². The first-order valence-corrected chi connectivity index (χ1v) is 6.64. The highest BCUT2D eigenvalue weighted by Crippen LogP contribution is 2.17. The van der Waals surface area contributed by atoms with Crippen LogP contribution < -0.4 is 11.1 Å². The normalized spacial score (nSPS) is 10.6. The second-order valence-electron chi connectivity index (χ2n) is 3.45. The van der Waals surface area contributed by atoms with Crippen LogP contribution in [0.25, 0.3) is 0 Å². The number of nitrogens with zero attached hydrogens (tertiary/aromatic N) is 1.